The van der Waals surface area contributed by atoms with Gasteiger partial charge in [-0.3, -0.25) is 4.79 Å². The van der Waals surface area contributed by atoms with Crippen LogP contribution in [0, 0.1) is 6.92 Å². The minimum atomic E-state index is -0.0748. The molecule has 3 rings (SSSR count). The Bertz CT molecular complexity index is 509. The molecule has 0 N–H and O–H groups in total. The second-order valence-corrected chi connectivity index (χ2v) is 6.88. The van der Waals surface area contributed by atoms with Crippen LogP contribution >= 0.6 is 11.3 Å². The first-order valence-corrected chi connectivity index (χ1v) is 8.47. The highest BCUT2D eigenvalue weighted by Gasteiger charge is 2.43. The average Bonchev–Trinajstić information content (AvgIpc) is 3.07. The van der Waals surface area contributed by atoms with Gasteiger partial charge >= 0.3 is 0 Å². The van der Waals surface area contributed by atoms with Gasteiger partial charge in [-0.05, 0) is 26.7 Å². The number of carbonyl (C=O) groups is 1. The van der Waals surface area contributed by atoms with Gasteiger partial charge in [-0.25, -0.2) is 4.98 Å². The standard InChI is InChI=1S/C15H22N2O3S/c1-3-19-12-8-15(20-9-12)4-6-17(7-5-15)14(18)13-10-21-11(2)16-13/h10,12H,3-9H2,1-2H3/t12-/m0/s1. The van der Waals surface area contributed by atoms with Gasteiger partial charge < -0.3 is 14.4 Å². The molecule has 116 valence electrons. The Balaban J connectivity index is 1.57. The number of likely N-dealkylation sites (tertiary alicyclic amines) is 1. The molecule has 0 aliphatic carbocycles. The molecule has 5 nitrogen and oxygen atoms in total. The molecule has 1 aromatic rings. The second kappa shape index (κ2) is 6.02. The van der Waals surface area contributed by atoms with Crippen LogP contribution in [-0.4, -0.2) is 53.8 Å². The van der Waals surface area contributed by atoms with Crippen LogP contribution in [0.25, 0.3) is 0 Å². The molecule has 0 aromatic carbocycles. The van der Waals surface area contributed by atoms with E-state index in [0.717, 1.165) is 44.0 Å². The zero-order valence-corrected chi connectivity index (χ0v) is 13.4. The van der Waals surface area contributed by atoms with Gasteiger partial charge in [-0.1, -0.05) is 0 Å². The molecular formula is C15H22N2O3S. The van der Waals surface area contributed by atoms with Crippen LogP contribution in [0.1, 0.15) is 41.7 Å². The van der Waals surface area contributed by atoms with Crippen LogP contribution in [0.5, 0.6) is 0 Å². The number of hydrogen-bond donors (Lipinski definition) is 0. The Morgan fingerprint density at radius 2 is 2.33 bits per heavy atom. The van der Waals surface area contributed by atoms with Gasteiger partial charge in [-0.15, -0.1) is 11.3 Å². The molecule has 0 bridgehead atoms. The number of aryl methyl sites for hydroxylation is 1. The predicted molar refractivity (Wildman–Crippen MR) is 80.7 cm³/mol. The van der Waals surface area contributed by atoms with Gasteiger partial charge in [0.15, 0.2) is 0 Å². The number of rotatable bonds is 3. The molecule has 0 saturated carbocycles. The lowest BCUT2D eigenvalue weighted by molar-refractivity contribution is -0.0408. The average molecular weight is 310 g/mol. The molecule has 2 aliphatic heterocycles. The van der Waals surface area contributed by atoms with E-state index >= 15 is 0 Å². The summed E-state index contributed by atoms with van der Waals surface area (Å²) in [6.45, 7) is 6.85. The Labute approximate surface area is 129 Å². The molecule has 1 aromatic heterocycles. The Morgan fingerprint density at radius 3 is 2.95 bits per heavy atom. The first kappa shape index (κ1) is 14.9. The SMILES string of the molecule is CCO[C@@H]1COC2(CCN(C(=O)c3csc(C)n3)CC2)C1. The van der Waals surface area contributed by atoms with Crippen LogP contribution in [0.4, 0.5) is 0 Å². The van der Waals surface area contributed by atoms with E-state index in [0.29, 0.717) is 12.3 Å². The van der Waals surface area contributed by atoms with E-state index in [4.69, 9.17) is 9.47 Å². The van der Waals surface area contributed by atoms with Crippen LogP contribution in [0.15, 0.2) is 5.38 Å². The van der Waals surface area contributed by atoms with Gasteiger partial charge in [0.1, 0.15) is 5.69 Å². The molecule has 2 fully saturated rings. The van der Waals surface area contributed by atoms with Crippen molar-refractivity contribution in [1.82, 2.24) is 9.88 Å². The summed E-state index contributed by atoms with van der Waals surface area (Å²) in [6, 6.07) is 0. The van der Waals surface area contributed by atoms with Crippen molar-refractivity contribution in [2.45, 2.75) is 44.8 Å². The van der Waals surface area contributed by atoms with Crippen LogP contribution in [0.2, 0.25) is 0 Å². The third-order valence-corrected chi connectivity index (χ3v) is 5.15. The molecule has 2 saturated heterocycles. The zero-order chi connectivity index (χ0) is 14.9. The summed E-state index contributed by atoms with van der Waals surface area (Å²) in [7, 11) is 0. The summed E-state index contributed by atoms with van der Waals surface area (Å²) in [5.41, 5.74) is 0.502. The van der Waals surface area contributed by atoms with Crippen molar-refractivity contribution in [3.63, 3.8) is 0 Å². The molecule has 0 unspecified atom stereocenters. The van der Waals surface area contributed by atoms with Gasteiger partial charge in [0, 0.05) is 31.5 Å². The smallest absolute Gasteiger partial charge is 0.273 e. The number of aromatic nitrogens is 1. The number of thiazole rings is 1. The normalized spacial score (nSPS) is 24.7. The zero-order valence-electron chi connectivity index (χ0n) is 12.6. The van der Waals surface area contributed by atoms with Crippen molar-refractivity contribution in [3.8, 4) is 0 Å². The van der Waals surface area contributed by atoms with Crippen molar-refractivity contribution < 1.29 is 14.3 Å². The van der Waals surface area contributed by atoms with E-state index in [9.17, 15) is 4.79 Å². The summed E-state index contributed by atoms with van der Waals surface area (Å²) in [5, 5.41) is 2.78. The van der Waals surface area contributed by atoms with Crippen molar-refractivity contribution in [1.29, 1.82) is 0 Å². The molecule has 6 heteroatoms. The van der Waals surface area contributed by atoms with Crippen molar-refractivity contribution in [2.75, 3.05) is 26.3 Å². The van der Waals surface area contributed by atoms with E-state index in [1.165, 1.54) is 11.3 Å². The molecule has 0 radical (unpaired) electrons. The number of ether oxygens (including phenoxy) is 2. The minimum Gasteiger partial charge on any atom is -0.376 e. The lowest BCUT2D eigenvalue weighted by Gasteiger charge is -2.38. The number of nitrogens with zero attached hydrogens (tertiary/aromatic N) is 2. The fourth-order valence-corrected chi connectivity index (χ4v) is 3.82. The monoisotopic (exact) mass is 310 g/mol. The third kappa shape index (κ3) is 3.12. The highest BCUT2D eigenvalue weighted by Crippen LogP contribution is 2.37. The topological polar surface area (TPSA) is 51.7 Å². The van der Waals surface area contributed by atoms with Gasteiger partial charge in [0.05, 0.1) is 23.3 Å². The second-order valence-electron chi connectivity index (χ2n) is 5.82. The molecule has 1 amide bonds. The maximum absolute atomic E-state index is 12.4. The molecule has 1 atom stereocenters. The highest BCUT2D eigenvalue weighted by molar-refractivity contribution is 7.09. The summed E-state index contributed by atoms with van der Waals surface area (Å²) in [5.74, 6) is 0.0496. The molecule has 2 aliphatic rings. The summed E-state index contributed by atoms with van der Waals surface area (Å²) in [6.07, 6.45) is 2.97. The number of amides is 1. The van der Waals surface area contributed by atoms with Crippen molar-refractivity contribution >= 4 is 17.2 Å². The van der Waals surface area contributed by atoms with Crippen LogP contribution in [-0.2, 0) is 9.47 Å². The van der Waals surface area contributed by atoms with Crippen molar-refractivity contribution in [2.24, 2.45) is 0 Å². The fraction of sp³-hybridized carbons (Fsp3) is 0.733. The van der Waals surface area contributed by atoms with Crippen LogP contribution in [0.3, 0.4) is 0 Å². The number of carbonyl (C=O) groups excluding carboxylic acids is 1. The number of hydrogen-bond acceptors (Lipinski definition) is 5. The Kier molecular flexibility index (Phi) is 4.28. The summed E-state index contributed by atoms with van der Waals surface area (Å²) in [4.78, 5) is 18.6. The predicted octanol–water partition coefficient (Wildman–Crippen LogP) is 2.25. The molecular weight excluding hydrogens is 288 g/mol. The Hall–Kier alpha value is -0.980. The lowest BCUT2D eigenvalue weighted by atomic mass is 9.88. The quantitative estimate of drug-likeness (QED) is 0.859. The minimum absolute atomic E-state index is 0.0496. The van der Waals surface area contributed by atoms with Gasteiger partial charge in [-0.2, -0.15) is 0 Å². The first-order valence-electron chi connectivity index (χ1n) is 7.59. The van der Waals surface area contributed by atoms with Gasteiger partial charge in [0.2, 0.25) is 0 Å². The first-order chi connectivity index (χ1) is 10.1. The fourth-order valence-electron chi connectivity index (χ4n) is 3.23. The Morgan fingerprint density at radius 1 is 1.57 bits per heavy atom. The largest absolute Gasteiger partial charge is 0.376 e. The van der Waals surface area contributed by atoms with E-state index in [1.807, 2.05) is 24.1 Å². The summed E-state index contributed by atoms with van der Waals surface area (Å²) >= 11 is 1.52. The maximum atomic E-state index is 12.4. The molecule has 21 heavy (non-hydrogen) atoms. The molecule has 1 spiro atoms. The molecule has 3 heterocycles. The number of piperidine rings is 1. The highest BCUT2D eigenvalue weighted by atomic mass is 32.1. The summed E-state index contributed by atoms with van der Waals surface area (Å²) < 4.78 is 11.7. The van der Waals surface area contributed by atoms with E-state index in [-0.39, 0.29) is 17.6 Å². The third-order valence-electron chi connectivity index (χ3n) is 4.38. The lowest BCUT2D eigenvalue weighted by Crippen LogP contribution is -2.46. The van der Waals surface area contributed by atoms with E-state index in [1.54, 1.807) is 0 Å². The van der Waals surface area contributed by atoms with Crippen molar-refractivity contribution in [3.05, 3.63) is 16.1 Å². The maximum Gasteiger partial charge on any atom is 0.273 e. The van der Waals surface area contributed by atoms with E-state index < -0.39 is 0 Å². The van der Waals surface area contributed by atoms with Crippen LogP contribution < -0.4 is 0 Å². The van der Waals surface area contributed by atoms with Gasteiger partial charge in [0.25, 0.3) is 5.91 Å². The van der Waals surface area contributed by atoms with E-state index in [2.05, 4.69) is 4.98 Å².